The van der Waals surface area contributed by atoms with Crippen LogP contribution in [0.15, 0.2) is 0 Å². The largest absolute Gasteiger partial charge is 0.274 e. The van der Waals surface area contributed by atoms with Crippen LogP contribution in [0.5, 0.6) is 0 Å². The lowest BCUT2D eigenvalue weighted by atomic mass is 10.3. The number of carbonyl (C=O) groups excluding carboxylic acids is 1. The number of amides is 1. The van der Waals surface area contributed by atoms with Crippen molar-refractivity contribution in [1.29, 1.82) is 0 Å². The molecule has 1 saturated carbocycles. The molecule has 0 aliphatic heterocycles. The van der Waals surface area contributed by atoms with Crippen LogP contribution in [0.4, 0.5) is 0 Å². The predicted molar refractivity (Wildman–Crippen MR) is 45.0 cm³/mol. The van der Waals surface area contributed by atoms with Crippen molar-refractivity contribution in [1.82, 2.24) is 4.72 Å². The Morgan fingerprint density at radius 3 is 2.50 bits per heavy atom. The zero-order valence-corrected chi connectivity index (χ0v) is 7.86. The third-order valence-electron chi connectivity index (χ3n) is 1.70. The van der Waals surface area contributed by atoms with Crippen molar-refractivity contribution in [2.24, 2.45) is 0 Å². The fraction of sp³-hybridized carbons (Fsp3) is 0.857. The minimum absolute atomic E-state index is 0.284. The molecule has 0 spiro atoms. The van der Waals surface area contributed by atoms with Gasteiger partial charge in [-0.15, -0.1) is 0 Å². The molecule has 4 nitrogen and oxygen atoms in total. The third-order valence-corrected chi connectivity index (χ3v) is 3.56. The Bertz CT molecular complexity index is 266. The molecule has 0 bridgehead atoms. The van der Waals surface area contributed by atoms with Crippen LogP contribution in [0, 0.1) is 0 Å². The van der Waals surface area contributed by atoms with Gasteiger partial charge in [0.2, 0.25) is 15.9 Å². The summed E-state index contributed by atoms with van der Waals surface area (Å²) in [6.45, 7) is 1.84. The van der Waals surface area contributed by atoms with E-state index in [0.29, 0.717) is 19.3 Å². The van der Waals surface area contributed by atoms with E-state index in [0.717, 1.165) is 0 Å². The van der Waals surface area contributed by atoms with Crippen LogP contribution in [-0.2, 0) is 14.8 Å². The maximum absolute atomic E-state index is 11.1. The summed E-state index contributed by atoms with van der Waals surface area (Å²) in [6.07, 6.45) is 2.33. The van der Waals surface area contributed by atoms with Gasteiger partial charge in [0.1, 0.15) is 0 Å². The molecule has 1 amide bonds. The van der Waals surface area contributed by atoms with E-state index in [1.165, 1.54) is 0 Å². The summed E-state index contributed by atoms with van der Waals surface area (Å²) in [5.41, 5.74) is 0. The number of hydrogen-bond acceptors (Lipinski definition) is 3. The summed E-state index contributed by atoms with van der Waals surface area (Å²) in [6, 6.07) is 0. The molecule has 0 aromatic heterocycles. The van der Waals surface area contributed by atoms with Gasteiger partial charge in [0.25, 0.3) is 0 Å². The van der Waals surface area contributed by atoms with Crippen molar-refractivity contribution in [2.45, 2.75) is 37.9 Å². The highest BCUT2D eigenvalue weighted by molar-refractivity contribution is 7.90. The van der Waals surface area contributed by atoms with Gasteiger partial charge in [0.05, 0.1) is 5.25 Å². The van der Waals surface area contributed by atoms with Gasteiger partial charge in [0, 0.05) is 6.42 Å². The van der Waals surface area contributed by atoms with Gasteiger partial charge in [-0.25, -0.2) is 8.42 Å². The van der Waals surface area contributed by atoms with E-state index in [1.807, 2.05) is 6.92 Å². The molecule has 0 atom stereocenters. The van der Waals surface area contributed by atoms with Crippen molar-refractivity contribution in [3.05, 3.63) is 0 Å². The highest BCUT2D eigenvalue weighted by Gasteiger charge is 2.36. The Balaban J connectivity index is 2.44. The monoisotopic (exact) mass is 191 g/mol. The molecule has 0 unspecified atom stereocenters. The Morgan fingerprint density at radius 1 is 1.50 bits per heavy atom. The van der Waals surface area contributed by atoms with Crippen LogP contribution in [0.25, 0.3) is 0 Å². The van der Waals surface area contributed by atoms with E-state index in [-0.39, 0.29) is 17.6 Å². The quantitative estimate of drug-likeness (QED) is 0.699. The third kappa shape index (κ3) is 2.48. The number of carbonyl (C=O) groups is 1. The average molecular weight is 191 g/mol. The Kier molecular flexibility index (Phi) is 2.72. The molecule has 1 N–H and O–H groups in total. The molecule has 0 heterocycles. The molecule has 0 aromatic carbocycles. The summed E-state index contributed by atoms with van der Waals surface area (Å²) in [5.74, 6) is -0.385. The molecule has 0 aromatic rings. The van der Waals surface area contributed by atoms with Gasteiger partial charge in [-0.2, -0.15) is 0 Å². The van der Waals surface area contributed by atoms with Crippen LogP contribution >= 0.6 is 0 Å². The van der Waals surface area contributed by atoms with Gasteiger partial charge >= 0.3 is 0 Å². The van der Waals surface area contributed by atoms with Gasteiger partial charge in [0.15, 0.2) is 0 Å². The van der Waals surface area contributed by atoms with Crippen molar-refractivity contribution in [2.75, 3.05) is 0 Å². The van der Waals surface area contributed by atoms with Crippen molar-refractivity contribution >= 4 is 15.9 Å². The molecule has 0 saturated heterocycles. The molecule has 1 rings (SSSR count). The fourth-order valence-electron chi connectivity index (χ4n) is 0.898. The molecule has 1 aliphatic rings. The molecule has 5 heteroatoms. The first kappa shape index (κ1) is 9.51. The van der Waals surface area contributed by atoms with Crippen LogP contribution in [0.1, 0.15) is 32.6 Å². The van der Waals surface area contributed by atoms with Gasteiger partial charge in [-0.3, -0.25) is 9.52 Å². The lowest BCUT2D eigenvalue weighted by molar-refractivity contribution is -0.119. The molecule has 70 valence electrons. The summed E-state index contributed by atoms with van der Waals surface area (Å²) in [7, 11) is -3.31. The summed E-state index contributed by atoms with van der Waals surface area (Å²) in [5, 5.41) is -0.307. The van der Waals surface area contributed by atoms with Crippen LogP contribution < -0.4 is 4.72 Å². The molecular formula is C7H13NO3S. The highest BCUT2D eigenvalue weighted by atomic mass is 32.2. The normalized spacial score (nSPS) is 17.4. The first-order valence-electron chi connectivity index (χ1n) is 4.10. The Labute approximate surface area is 72.4 Å². The van der Waals surface area contributed by atoms with Crippen molar-refractivity contribution < 1.29 is 13.2 Å². The van der Waals surface area contributed by atoms with E-state index in [9.17, 15) is 13.2 Å². The lowest BCUT2D eigenvalue weighted by Crippen LogP contribution is -2.32. The molecule has 0 radical (unpaired) electrons. The van der Waals surface area contributed by atoms with E-state index >= 15 is 0 Å². The van der Waals surface area contributed by atoms with Crippen LogP contribution in [0.3, 0.4) is 0 Å². The van der Waals surface area contributed by atoms with E-state index in [1.54, 1.807) is 0 Å². The molecule has 1 aliphatic carbocycles. The van der Waals surface area contributed by atoms with Crippen molar-refractivity contribution in [3.8, 4) is 0 Å². The zero-order chi connectivity index (χ0) is 9.19. The van der Waals surface area contributed by atoms with Crippen LogP contribution in [0.2, 0.25) is 0 Å². The average Bonchev–Trinajstić information content (AvgIpc) is 2.65. The van der Waals surface area contributed by atoms with E-state index in [4.69, 9.17) is 0 Å². The molecule has 12 heavy (non-hydrogen) atoms. The fourth-order valence-corrected chi connectivity index (χ4v) is 2.24. The summed E-state index contributed by atoms with van der Waals surface area (Å²) in [4.78, 5) is 10.9. The summed E-state index contributed by atoms with van der Waals surface area (Å²) >= 11 is 0. The van der Waals surface area contributed by atoms with Crippen molar-refractivity contribution in [3.63, 3.8) is 0 Å². The first-order valence-corrected chi connectivity index (χ1v) is 5.65. The highest BCUT2D eigenvalue weighted by Crippen LogP contribution is 2.27. The van der Waals surface area contributed by atoms with Gasteiger partial charge < -0.3 is 0 Å². The van der Waals surface area contributed by atoms with E-state index in [2.05, 4.69) is 4.72 Å². The lowest BCUT2D eigenvalue weighted by Gasteiger charge is -2.03. The minimum atomic E-state index is -3.31. The molecular weight excluding hydrogens is 178 g/mol. The Morgan fingerprint density at radius 2 is 2.08 bits per heavy atom. The maximum atomic E-state index is 11.1. The van der Waals surface area contributed by atoms with Gasteiger partial charge in [-0.1, -0.05) is 6.92 Å². The first-order chi connectivity index (χ1) is 5.56. The second-order valence-corrected chi connectivity index (χ2v) is 4.98. The number of rotatable bonds is 4. The van der Waals surface area contributed by atoms with Crippen LogP contribution in [-0.4, -0.2) is 19.6 Å². The molecule has 1 fully saturated rings. The van der Waals surface area contributed by atoms with E-state index < -0.39 is 10.0 Å². The number of sulfonamides is 1. The zero-order valence-electron chi connectivity index (χ0n) is 7.04. The topological polar surface area (TPSA) is 63.2 Å². The standard InChI is InChI=1S/C7H13NO3S/c1-2-3-7(9)8-12(10,11)6-4-5-6/h6H,2-5H2,1H3,(H,8,9). The van der Waals surface area contributed by atoms with Gasteiger partial charge in [-0.05, 0) is 19.3 Å². The summed E-state index contributed by atoms with van der Waals surface area (Å²) < 4.78 is 24.3. The maximum Gasteiger partial charge on any atom is 0.237 e. The smallest absolute Gasteiger partial charge is 0.237 e. The predicted octanol–water partition coefficient (Wildman–Crippen LogP) is 0.395. The second-order valence-electron chi connectivity index (χ2n) is 3.02. The minimum Gasteiger partial charge on any atom is -0.274 e. The number of hydrogen-bond donors (Lipinski definition) is 1. The number of nitrogens with one attached hydrogen (secondary N) is 1. The Hall–Kier alpha value is -0.580. The SMILES string of the molecule is CCCC(=O)NS(=O)(=O)C1CC1. The second kappa shape index (κ2) is 3.43.